The van der Waals surface area contributed by atoms with Crippen LogP contribution in [0.3, 0.4) is 0 Å². The van der Waals surface area contributed by atoms with E-state index in [2.05, 4.69) is 20.2 Å². The molecule has 0 atom stereocenters. The third-order valence-electron chi connectivity index (χ3n) is 5.22. The summed E-state index contributed by atoms with van der Waals surface area (Å²) in [4.78, 5) is 11.6. The molecule has 2 N–H and O–H groups in total. The summed E-state index contributed by atoms with van der Waals surface area (Å²) in [6.45, 7) is 0.699. The number of aryl methyl sites for hydroxylation is 1. The van der Waals surface area contributed by atoms with Gasteiger partial charge in [0.2, 0.25) is 0 Å². The van der Waals surface area contributed by atoms with Gasteiger partial charge in [-0.1, -0.05) is 6.42 Å². The van der Waals surface area contributed by atoms with Crippen LogP contribution in [0.1, 0.15) is 35.4 Å². The van der Waals surface area contributed by atoms with Gasteiger partial charge in [0.15, 0.2) is 5.82 Å². The summed E-state index contributed by atoms with van der Waals surface area (Å²) in [5.41, 5.74) is 0.742. The summed E-state index contributed by atoms with van der Waals surface area (Å²) in [6.07, 6.45) is 3.83. The monoisotopic (exact) mass is 443 g/mol. The van der Waals surface area contributed by atoms with Crippen LogP contribution in [0.4, 0.5) is 10.1 Å². The van der Waals surface area contributed by atoms with Gasteiger partial charge in [0.1, 0.15) is 11.6 Å². The number of hydrogen-bond acceptors (Lipinski definition) is 5. The number of carbonyl (C=O) groups excluding carboxylic acids is 1. The molecular weight excluding hydrogens is 421 g/mol. The number of fused-ring (bicyclic) bond motifs is 1. The number of sulfonamides is 1. The summed E-state index contributed by atoms with van der Waals surface area (Å²) in [7, 11) is -2.44. The standard InChI is InChI=1S/C21H22FN5O3S/c1-23-21(28)14-6-9-16(10-7-14)31(29,30)26-15-8-11-18(22)17(13-15)20-25-24-19-5-3-2-4-12-27(19)20/h6-11,13,26H,2-5,12H2,1H3,(H,23,28). The average Bonchev–Trinajstić information content (AvgIpc) is 3.02. The molecule has 1 aliphatic heterocycles. The van der Waals surface area contributed by atoms with E-state index >= 15 is 0 Å². The first kappa shape index (κ1) is 21.0. The molecule has 0 saturated carbocycles. The zero-order chi connectivity index (χ0) is 22.0. The fraction of sp³-hybridized carbons (Fsp3) is 0.286. The number of rotatable bonds is 5. The average molecular weight is 444 g/mol. The number of hydrogen-bond donors (Lipinski definition) is 2. The van der Waals surface area contributed by atoms with E-state index in [1.807, 2.05) is 4.57 Å². The van der Waals surface area contributed by atoms with Gasteiger partial charge in [-0.05, 0) is 55.3 Å². The molecule has 2 aromatic carbocycles. The molecule has 0 radical (unpaired) electrons. The van der Waals surface area contributed by atoms with Gasteiger partial charge in [-0.25, -0.2) is 12.8 Å². The van der Waals surface area contributed by atoms with Crippen LogP contribution < -0.4 is 10.0 Å². The number of carbonyl (C=O) groups is 1. The Balaban J connectivity index is 1.63. The molecular formula is C21H22FN5O3S. The van der Waals surface area contributed by atoms with Crippen LogP contribution in [0.15, 0.2) is 47.4 Å². The lowest BCUT2D eigenvalue weighted by atomic mass is 10.1. The Hall–Kier alpha value is -3.27. The van der Waals surface area contributed by atoms with Gasteiger partial charge in [-0.3, -0.25) is 9.52 Å². The smallest absolute Gasteiger partial charge is 0.261 e. The van der Waals surface area contributed by atoms with Crippen molar-refractivity contribution in [3.05, 3.63) is 59.7 Å². The van der Waals surface area contributed by atoms with Crippen LogP contribution in [0.5, 0.6) is 0 Å². The molecule has 0 unspecified atom stereocenters. The lowest BCUT2D eigenvalue weighted by Gasteiger charge is -2.12. The Morgan fingerprint density at radius 1 is 1.06 bits per heavy atom. The Kier molecular flexibility index (Phi) is 5.73. The summed E-state index contributed by atoms with van der Waals surface area (Å²) in [5.74, 6) is 0.393. The number of benzene rings is 2. The van der Waals surface area contributed by atoms with Gasteiger partial charge in [0, 0.05) is 31.3 Å². The normalized spacial score (nSPS) is 13.9. The van der Waals surface area contributed by atoms with Gasteiger partial charge in [0.25, 0.3) is 15.9 Å². The second-order valence-electron chi connectivity index (χ2n) is 7.31. The molecule has 1 aromatic heterocycles. The van der Waals surface area contributed by atoms with Crippen LogP contribution in [0.25, 0.3) is 11.4 Å². The first-order valence-corrected chi connectivity index (χ1v) is 11.4. The molecule has 1 amide bonds. The number of anilines is 1. The highest BCUT2D eigenvalue weighted by Crippen LogP contribution is 2.28. The molecule has 10 heteroatoms. The Labute approximate surface area is 179 Å². The topological polar surface area (TPSA) is 106 Å². The van der Waals surface area contributed by atoms with E-state index in [9.17, 15) is 17.6 Å². The van der Waals surface area contributed by atoms with Crippen LogP contribution in [-0.4, -0.2) is 36.1 Å². The minimum absolute atomic E-state index is 0.0117. The predicted octanol–water partition coefficient (Wildman–Crippen LogP) is 2.97. The molecule has 1 aliphatic rings. The number of halogens is 1. The minimum atomic E-state index is -3.93. The Morgan fingerprint density at radius 3 is 2.58 bits per heavy atom. The Morgan fingerprint density at radius 2 is 1.84 bits per heavy atom. The fourth-order valence-electron chi connectivity index (χ4n) is 3.59. The maximum absolute atomic E-state index is 14.6. The van der Waals surface area contributed by atoms with Crippen molar-refractivity contribution in [2.24, 2.45) is 0 Å². The molecule has 31 heavy (non-hydrogen) atoms. The van der Waals surface area contributed by atoms with Crippen molar-refractivity contribution in [2.45, 2.75) is 37.1 Å². The highest BCUT2D eigenvalue weighted by atomic mass is 32.2. The number of nitrogens with one attached hydrogen (secondary N) is 2. The van der Waals surface area contributed by atoms with Crippen molar-refractivity contribution in [1.82, 2.24) is 20.1 Å². The lowest BCUT2D eigenvalue weighted by Crippen LogP contribution is -2.18. The zero-order valence-electron chi connectivity index (χ0n) is 16.9. The SMILES string of the molecule is CNC(=O)c1ccc(S(=O)(=O)Nc2ccc(F)c(-c3nnc4n3CCCCC4)c2)cc1. The molecule has 8 nitrogen and oxygen atoms in total. The first-order valence-electron chi connectivity index (χ1n) is 9.96. The van der Waals surface area contributed by atoms with E-state index in [4.69, 9.17) is 0 Å². The molecule has 2 heterocycles. The summed E-state index contributed by atoms with van der Waals surface area (Å²) < 4.78 is 44.5. The highest BCUT2D eigenvalue weighted by Gasteiger charge is 2.21. The quantitative estimate of drug-likeness (QED) is 0.631. The van der Waals surface area contributed by atoms with E-state index in [1.54, 1.807) is 0 Å². The van der Waals surface area contributed by atoms with Crippen LogP contribution in [0.2, 0.25) is 0 Å². The van der Waals surface area contributed by atoms with Gasteiger partial charge in [-0.15, -0.1) is 10.2 Å². The van der Waals surface area contributed by atoms with Gasteiger partial charge < -0.3 is 9.88 Å². The number of amides is 1. The minimum Gasteiger partial charge on any atom is -0.355 e. The second-order valence-corrected chi connectivity index (χ2v) is 8.99. The van der Waals surface area contributed by atoms with Gasteiger partial charge >= 0.3 is 0 Å². The van der Waals surface area contributed by atoms with Crippen molar-refractivity contribution < 1.29 is 17.6 Å². The molecule has 0 bridgehead atoms. The molecule has 0 aliphatic carbocycles. The van der Waals surface area contributed by atoms with Crippen LogP contribution in [0, 0.1) is 5.82 Å². The third kappa shape index (κ3) is 4.29. The number of aromatic nitrogens is 3. The van der Waals surface area contributed by atoms with E-state index in [-0.39, 0.29) is 22.1 Å². The molecule has 162 valence electrons. The van der Waals surface area contributed by atoms with Crippen molar-refractivity contribution >= 4 is 21.6 Å². The predicted molar refractivity (Wildman–Crippen MR) is 114 cm³/mol. The van der Waals surface area contributed by atoms with Crippen LogP contribution in [-0.2, 0) is 23.0 Å². The van der Waals surface area contributed by atoms with Crippen molar-refractivity contribution in [2.75, 3.05) is 11.8 Å². The lowest BCUT2D eigenvalue weighted by molar-refractivity contribution is 0.0963. The summed E-state index contributed by atoms with van der Waals surface area (Å²) in [6, 6.07) is 9.53. The van der Waals surface area contributed by atoms with Gasteiger partial charge in [0.05, 0.1) is 10.5 Å². The van der Waals surface area contributed by atoms with Gasteiger partial charge in [-0.2, -0.15) is 0 Å². The van der Waals surface area contributed by atoms with Crippen molar-refractivity contribution in [1.29, 1.82) is 0 Å². The summed E-state index contributed by atoms with van der Waals surface area (Å²) >= 11 is 0. The molecule has 3 aromatic rings. The number of nitrogens with zero attached hydrogens (tertiary/aromatic N) is 3. The summed E-state index contributed by atoms with van der Waals surface area (Å²) in [5, 5.41) is 10.8. The molecule has 0 fully saturated rings. The molecule has 0 saturated heterocycles. The second kappa shape index (κ2) is 8.46. The largest absolute Gasteiger partial charge is 0.355 e. The maximum atomic E-state index is 14.6. The maximum Gasteiger partial charge on any atom is 0.261 e. The van der Waals surface area contributed by atoms with E-state index in [0.29, 0.717) is 17.9 Å². The highest BCUT2D eigenvalue weighted by molar-refractivity contribution is 7.92. The molecule has 4 rings (SSSR count). The van der Waals surface area contributed by atoms with Crippen LogP contribution >= 0.6 is 0 Å². The fourth-order valence-corrected chi connectivity index (χ4v) is 4.64. The van der Waals surface area contributed by atoms with E-state index in [0.717, 1.165) is 31.5 Å². The molecule has 0 spiro atoms. The third-order valence-corrected chi connectivity index (χ3v) is 6.62. The zero-order valence-corrected chi connectivity index (χ0v) is 17.7. The van der Waals surface area contributed by atoms with Crippen molar-refractivity contribution in [3.8, 4) is 11.4 Å². The van der Waals surface area contributed by atoms with E-state index in [1.165, 1.54) is 49.5 Å². The van der Waals surface area contributed by atoms with E-state index < -0.39 is 15.8 Å². The first-order chi connectivity index (χ1) is 14.9. The van der Waals surface area contributed by atoms with Crippen molar-refractivity contribution in [3.63, 3.8) is 0 Å². The Bertz CT molecular complexity index is 1220.